The second-order valence-electron chi connectivity index (χ2n) is 4.30. The highest BCUT2D eigenvalue weighted by Crippen LogP contribution is 2.15. The summed E-state index contributed by atoms with van der Waals surface area (Å²) in [5.74, 6) is 0.805. The van der Waals surface area contributed by atoms with Gasteiger partial charge < -0.3 is 9.84 Å². The first-order chi connectivity index (χ1) is 8.67. The molecule has 96 valence electrons. The third-order valence-electron chi connectivity index (χ3n) is 2.70. The molecule has 1 N–H and O–H groups in total. The third kappa shape index (κ3) is 3.30. The zero-order valence-electron chi connectivity index (χ0n) is 10.6. The number of aliphatic hydroxyl groups excluding tert-OH is 1. The van der Waals surface area contributed by atoms with Gasteiger partial charge in [-0.25, -0.2) is 0 Å². The van der Waals surface area contributed by atoms with Gasteiger partial charge >= 0.3 is 0 Å². The van der Waals surface area contributed by atoms with E-state index in [9.17, 15) is 5.11 Å². The second kappa shape index (κ2) is 5.64. The molecule has 0 bridgehead atoms. The van der Waals surface area contributed by atoms with E-state index in [0.717, 1.165) is 17.0 Å². The number of methoxy groups -OCH3 is 1. The van der Waals surface area contributed by atoms with E-state index in [1.807, 2.05) is 37.5 Å². The number of hydrogen-bond acceptors (Lipinski definition) is 4. The number of hydrogen-bond donors (Lipinski definition) is 1. The topological polar surface area (TPSA) is 60.2 Å². The molecule has 1 aromatic heterocycles. The number of ether oxygens (including phenoxy) is 1. The Bertz CT molecular complexity index is 510. The molecule has 0 saturated heterocycles. The maximum atomic E-state index is 10.0. The maximum absolute atomic E-state index is 10.0. The van der Waals surface area contributed by atoms with E-state index in [-0.39, 0.29) is 0 Å². The Morgan fingerprint density at radius 2 is 2.22 bits per heavy atom. The van der Waals surface area contributed by atoms with E-state index in [1.54, 1.807) is 11.8 Å². The Balaban J connectivity index is 1.96. The van der Waals surface area contributed by atoms with Crippen molar-refractivity contribution in [3.8, 4) is 5.75 Å². The van der Waals surface area contributed by atoms with Crippen molar-refractivity contribution >= 4 is 0 Å². The number of nitrogens with zero attached hydrogens (tertiary/aromatic N) is 3. The molecule has 2 rings (SSSR count). The van der Waals surface area contributed by atoms with Crippen LogP contribution in [0, 0.1) is 0 Å². The smallest absolute Gasteiger partial charge is 0.119 e. The molecule has 18 heavy (non-hydrogen) atoms. The van der Waals surface area contributed by atoms with Crippen molar-refractivity contribution in [2.45, 2.75) is 18.9 Å². The van der Waals surface area contributed by atoms with E-state index >= 15 is 0 Å². The Morgan fingerprint density at radius 1 is 1.39 bits per heavy atom. The average molecular weight is 247 g/mol. The summed E-state index contributed by atoms with van der Waals surface area (Å²) in [5, 5.41) is 17.8. The lowest BCUT2D eigenvalue weighted by molar-refractivity contribution is 0.174. The fourth-order valence-electron chi connectivity index (χ4n) is 1.87. The zero-order chi connectivity index (χ0) is 13.0. The molecule has 5 heteroatoms. The standard InChI is InChI=1S/C13H17N3O2/c1-16-9-11(14-15-16)8-12(17)6-10-4-3-5-13(7-10)18-2/h3-5,7,9,12,17H,6,8H2,1-2H3. The van der Waals surface area contributed by atoms with Gasteiger partial charge in [0.05, 0.1) is 18.9 Å². The summed E-state index contributed by atoms with van der Waals surface area (Å²) in [4.78, 5) is 0. The molecule has 5 nitrogen and oxygen atoms in total. The monoisotopic (exact) mass is 247 g/mol. The SMILES string of the molecule is COc1cccc(CC(O)Cc2cn(C)nn2)c1. The minimum Gasteiger partial charge on any atom is -0.497 e. The Kier molecular flexibility index (Phi) is 3.94. The molecule has 1 atom stereocenters. The van der Waals surface area contributed by atoms with Crippen molar-refractivity contribution in [1.82, 2.24) is 15.0 Å². The van der Waals surface area contributed by atoms with Crippen LogP contribution < -0.4 is 4.74 Å². The van der Waals surface area contributed by atoms with Crippen molar-refractivity contribution in [3.63, 3.8) is 0 Å². The summed E-state index contributed by atoms with van der Waals surface area (Å²) in [6.07, 6.45) is 2.43. The van der Waals surface area contributed by atoms with E-state index in [1.165, 1.54) is 0 Å². The van der Waals surface area contributed by atoms with Crippen LogP contribution in [0.4, 0.5) is 0 Å². The van der Waals surface area contributed by atoms with Gasteiger partial charge in [0.1, 0.15) is 5.75 Å². The van der Waals surface area contributed by atoms with Crippen LogP contribution in [0.25, 0.3) is 0 Å². The first-order valence-corrected chi connectivity index (χ1v) is 5.83. The molecule has 0 radical (unpaired) electrons. The molecule has 0 amide bonds. The van der Waals surface area contributed by atoms with Crippen LogP contribution in [-0.4, -0.2) is 33.3 Å². The molecule has 0 aliphatic rings. The van der Waals surface area contributed by atoms with Gasteiger partial charge in [-0.1, -0.05) is 17.3 Å². The summed E-state index contributed by atoms with van der Waals surface area (Å²) >= 11 is 0. The molecule has 0 spiro atoms. The van der Waals surface area contributed by atoms with E-state index in [2.05, 4.69) is 10.3 Å². The number of benzene rings is 1. The molecule has 0 saturated carbocycles. The van der Waals surface area contributed by atoms with Crippen molar-refractivity contribution in [2.75, 3.05) is 7.11 Å². The predicted molar refractivity (Wildman–Crippen MR) is 67.4 cm³/mol. The predicted octanol–water partition coefficient (Wildman–Crippen LogP) is 0.970. The van der Waals surface area contributed by atoms with Crippen LogP contribution in [0.2, 0.25) is 0 Å². The number of aryl methyl sites for hydroxylation is 1. The molecule has 1 aromatic carbocycles. The largest absolute Gasteiger partial charge is 0.497 e. The molecular weight excluding hydrogens is 230 g/mol. The Hall–Kier alpha value is -1.88. The molecule has 1 unspecified atom stereocenters. The van der Waals surface area contributed by atoms with Crippen LogP contribution >= 0.6 is 0 Å². The number of rotatable bonds is 5. The van der Waals surface area contributed by atoms with Crippen LogP contribution in [0.3, 0.4) is 0 Å². The quantitative estimate of drug-likeness (QED) is 0.855. The fourth-order valence-corrected chi connectivity index (χ4v) is 1.87. The minimum absolute atomic E-state index is 0.464. The van der Waals surface area contributed by atoms with E-state index in [4.69, 9.17) is 4.74 Å². The van der Waals surface area contributed by atoms with Gasteiger partial charge in [-0.15, -0.1) is 5.10 Å². The number of aliphatic hydroxyl groups is 1. The van der Waals surface area contributed by atoms with Gasteiger partial charge in [-0.2, -0.15) is 0 Å². The van der Waals surface area contributed by atoms with Gasteiger partial charge in [-0.05, 0) is 24.1 Å². The Labute approximate surface area is 106 Å². The summed E-state index contributed by atoms with van der Waals surface area (Å²) in [7, 11) is 3.44. The molecular formula is C13H17N3O2. The second-order valence-corrected chi connectivity index (χ2v) is 4.30. The molecule has 1 heterocycles. The van der Waals surface area contributed by atoms with Crippen molar-refractivity contribution < 1.29 is 9.84 Å². The van der Waals surface area contributed by atoms with Crippen LogP contribution in [0.15, 0.2) is 30.5 Å². The molecule has 0 aliphatic heterocycles. The lowest BCUT2D eigenvalue weighted by Crippen LogP contribution is -2.14. The van der Waals surface area contributed by atoms with Crippen molar-refractivity contribution in [3.05, 3.63) is 41.7 Å². The highest BCUT2D eigenvalue weighted by molar-refractivity contribution is 5.28. The molecule has 2 aromatic rings. The van der Waals surface area contributed by atoms with E-state index in [0.29, 0.717) is 12.8 Å². The summed E-state index contributed by atoms with van der Waals surface area (Å²) in [6, 6.07) is 7.71. The van der Waals surface area contributed by atoms with Crippen molar-refractivity contribution in [1.29, 1.82) is 0 Å². The summed E-state index contributed by atoms with van der Waals surface area (Å²) in [6.45, 7) is 0. The fraction of sp³-hybridized carbons (Fsp3) is 0.385. The van der Waals surface area contributed by atoms with Crippen LogP contribution in [-0.2, 0) is 19.9 Å². The highest BCUT2D eigenvalue weighted by Gasteiger charge is 2.09. The van der Waals surface area contributed by atoms with Crippen molar-refractivity contribution in [2.24, 2.45) is 7.05 Å². The summed E-state index contributed by atoms with van der Waals surface area (Å²) in [5.41, 5.74) is 1.85. The third-order valence-corrected chi connectivity index (χ3v) is 2.70. The summed E-state index contributed by atoms with van der Waals surface area (Å²) < 4.78 is 6.78. The lowest BCUT2D eigenvalue weighted by atomic mass is 10.0. The van der Waals surface area contributed by atoms with Gasteiger partial charge in [-0.3, -0.25) is 4.68 Å². The van der Waals surface area contributed by atoms with Crippen LogP contribution in [0.1, 0.15) is 11.3 Å². The molecule has 0 fully saturated rings. The number of aromatic nitrogens is 3. The first-order valence-electron chi connectivity index (χ1n) is 5.83. The van der Waals surface area contributed by atoms with Gasteiger partial charge in [0.2, 0.25) is 0 Å². The highest BCUT2D eigenvalue weighted by atomic mass is 16.5. The van der Waals surface area contributed by atoms with E-state index < -0.39 is 6.10 Å². The zero-order valence-corrected chi connectivity index (χ0v) is 10.6. The van der Waals surface area contributed by atoms with Gasteiger partial charge in [0.25, 0.3) is 0 Å². The van der Waals surface area contributed by atoms with Gasteiger partial charge in [0, 0.05) is 19.7 Å². The Morgan fingerprint density at radius 3 is 2.89 bits per heavy atom. The lowest BCUT2D eigenvalue weighted by Gasteiger charge is -2.09. The average Bonchev–Trinajstić information content (AvgIpc) is 2.74. The first kappa shape index (κ1) is 12.6. The van der Waals surface area contributed by atoms with Gasteiger partial charge in [0.15, 0.2) is 0 Å². The maximum Gasteiger partial charge on any atom is 0.119 e. The normalized spacial score (nSPS) is 12.4. The minimum atomic E-state index is -0.464. The molecule has 0 aliphatic carbocycles. The van der Waals surface area contributed by atoms with Crippen LogP contribution in [0.5, 0.6) is 5.75 Å².